The summed E-state index contributed by atoms with van der Waals surface area (Å²) in [7, 11) is 0. The minimum Gasteiger partial charge on any atom is -0.377 e. The molecule has 3 rings (SSSR count). The van der Waals surface area contributed by atoms with E-state index in [1.807, 2.05) is 13.8 Å². The van der Waals surface area contributed by atoms with E-state index in [1.165, 1.54) is 12.8 Å². The van der Waals surface area contributed by atoms with E-state index < -0.39 is 0 Å². The van der Waals surface area contributed by atoms with Gasteiger partial charge in [0.15, 0.2) is 0 Å². The second-order valence-electron chi connectivity index (χ2n) is 5.60. The lowest BCUT2D eigenvalue weighted by Crippen LogP contribution is -2.32. The molecule has 2 aromatic rings. The van der Waals surface area contributed by atoms with Crippen LogP contribution < -0.4 is 10.9 Å². The zero-order valence-electron chi connectivity index (χ0n) is 12.5. The lowest BCUT2D eigenvalue weighted by molar-refractivity contribution is 0.0167. The van der Waals surface area contributed by atoms with Gasteiger partial charge in [-0.15, -0.1) is 11.3 Å². The van der Waals surface area contributed by atoms with Crippen LogP contribution in [0.15, 0.2) is 4.79 Å². The van der Waals surface area contributed by atoms with Gasteiger partial charge in [-0.05, 0) is 38.7 Å². The number of H-pyrrole nitrogens is 1. The number of rotatable bonds is 4. The smallest absolute Gasteiger partial charge is 0.259 e. The molecular formula is C15H21N3O2S. The van der Waals surface area contributed by atoms with Crippen molar-refractivity contribution in [2.75, 3.05) is 13.2 Å². The Morgan fingerprint density at radius 3 is 3.05 bits per heavy atom. The first-order chi connectivity index (χ1) is 10.1. The lowest BCUT2D eigenvalue weighted by Gasteiger charge is -2.22. The summed E-state index contributed by atoms with van der Waals surface area (Å²) in [5, 5.41) is 4.06. The van der Waals surface area contributed by atoms with E-state index in [0.717, 1.165) is 40.2 Å². The molecule has 0 bridgehead atoms. The Kier molecular flexibility index (Phi) is 4.37. The van der Waals surface area contributed by atoms with Gasteiger partial charge in [-0.1, -0.05) is 0 Å². The van der Waals surface area contributed by atoms with E-state index in [1.54, 1.807) is 11.3 Å². The number of aromatic amines is 1. The number of ether oxygens (including phenoxy) is 1. The summed E-state index contributed by atoms with van der Waals surface area (Å²) in [5.41, 5.74) is 1.01. The molecule has 1 unspecified atom stereocenters. The molecule has 0 aromatic carbocycles. The molecule has 1 aliphatic heterocycles. The summed E-state index contributed by atoms with van der Waals surface area (Å²) >= 11 is 1.59. The normalized spacial score (nSPS) is 19.2. The fraction of sp³-hybridized carbons (Fsp3) is 0.600. The predicted molar refractivity (Wildman–Crippen MR) is 85.0 cm³/mol. The number of aromatic nitrogens is 2. The van der Waals surface area contributed by atoms with Gasteiger partial charge in [0.1, 0.15) is 10.7 Å². The van der Waals surface area contributed by atoms with E-state index in [2.05, 4.69) is 15.3 Å². The molecule has 0 radical (unpaired) electrons. The van der Waals surface area contributed by atoms with E-state index in [4.69, 9.17) is 4.74 Å². The third-order valence-electron chi connectivity index (χ3n) is 4.03. The summed E-state index contributed by atoms with van der Waals surface area (Å²) in [5.74, 6) is 0.699. The van der Waals surface area contributed by atoms with Crippen molar-refractivity contribution in [3.8, 4) is 0 Å². The SMILES string of the molecule is Cc1sc2nc(CNCC3CCCCO3)[nH]c(=O)c2c1C. The van der Waals surface area contributed by atoms with Crippen molar-refractivity contribution in [3.63, 3.8) is 0 Å². The van der Waals surface area contributed by atoms with Crippen molar-refractivity contribution >= 4 is 21.6 Å². The first kappa shape index (κ1) is 14.7. The first-order valence-electron chi connectivity index (χ1n) is 7.46. The van der Waals surface area contributed by atoms with Crippen LogP contribution in [-0.2, 0) is 11.3 Å². The Bertz CT molecular complexity index is 686. The van der Waals surface area contributed by atoms with Crippen LogP contribution >= 0.6 is 11.3 Å². The highest BCUT2D eigenvalue weighted by molar-refractivity contribution is 7.18. The van der Waals surface area contributed by atoms with E-state index >= 15 is 0 Å². The summed E-state index contributed by atoms with van der Waals surface area (Å²) in [4.78, 5) is 21.6. The molecule has 2 aromatic heterocycles. The topological polar surface area (TPSA) is 67.0 Å². The lowest BCUT2D eigenvalue weighted by atomic mass is 10.1. The molecular weight excluding hydrogens is 286 g/mol. The Balaban J connectivity index is 1.68. The van der Waals surface area contributed by atoms with E-state index in [9.17, 15) is 4.79 Å². The summed E-state index contributed by atoms with van der Waals surface area (Å²) in [6.45, 7) is 6.25. The van der Waals surface area contributed by atoms with Gasteiger partial charge in [0.05, 0.1) is 18.0 Å². The Morgan fingerprint density at radius 1 is 1.43 bits per heavy atom. The van der Waals surface area contributed by atoms with Gasteiger partial charge in [-0.25, -0.2) is 4.98 Å². The molecule has 2 N–H and O–H groups in total. The average Bonchev–Trinajstić information content (AvgIpc) is 2.75. The number of thiophene rings is 1. The van der Waals surface area contributed by atoms with Crippen LogP contribution in [0.4, 0.5) is 0 Å². The number of aryl methyl sites for hydroxylation is 2. The van der Waals surface area contributed by atoms with E-state index in [0.29, 0.717) is 18.5 Å². The standard InChI is InChI=1S/C15H21N3O2S/c1-9-10(2)21-15-13(9)14(19)17-12(18-15)8-16-7-11-5-3-4-6-20-11/h11,16H,3-8H2,1-2H3,(H,17,18,19). The largest absolute Gasteiger partial charge is 0.377 e. The third-order valence-corrected chi connectivity index (χ3v) is 5.13. The molecule has 1 saturated heterocycles. The van der Waals surface area contributed by atoms with Gasteiger partial charge in [0.25, 0.3) is 5.56 Å². The molecule has 5 nitrogen and oxygen atoms in total. The van der Waals surface area contributed by atoms with Crippen LogP contribution in [0.3, 0.4) is 0 Å². The maximum atomic E-state index is 12.2. The summed E-state index contributed by atoms with van der Waals surface area (Å²) < 4.78 is 5.68. The van der Waals surface area contributed by atoms with Crippen molar-refractivity contribution in [2.24, 2.45) is 0 Å². The van der Waals surface area contributed by atoms with Gasteiger partial charge >= 0.3 is 0 Å². The Labute approximate surface area is 127 Å². The molecule has 0 amide bonds. The highest BCUT2D eigenvalue weighted by Gasteiger charge is 2.14. The number of nitrogens with zero attached hydrogens (tertiary/aromatic N) is 1. The number of nitrogens with one attached hydrogen (secondary N) is 2. The summed E-state index contributed by atoms with van der Waals surface area (Å²) in [6, 6.07) is 0. The monoisotopic (exact) mass is 307 g/mol. The maximum Gasteiger partial charge on any atom is 0.259 e. The zero-order chi connectivity index (χ0) is 14.8. The van der Waals surface area contributed by atoms with Gasteiger partial charge in [-0.3, -0.25) is 4.79 Å². The fourth-order valence-corrected chi connectivity index (χ4v) is 3.75. The molecule has 1 aliphatic rings. The molecule has 21 heavy (non-hydrogen) atoms. The van der Waals surface area contributed by atoms with Gasteiger partial charge in [0, 0.05) is 18.0 Å². The van der Waals surface area contributed by atoms with Gasteiger partial charge in [-0.2, -0.15) is 0 Å². The molecule has 1 atom stereocenters. The molecule has 0 spiro atoms. The third kappa shape index (κ3) is 3.17. The van der Waals surface area contributed by atoms with Crippen molar-refractivity contribution in [1.82, 2.24) is 15.3 Å². The van der Waals surface area contributed by atoms with Crippen LogP contribution in [0, 0.1) is 13.8 Å². The number of fused-ring (bicyclic) bond motifs is 1. The maximum absolute atomic E-state index is 12.2. The van der Waals surface area contributed by atoms with Crippen LogP contribution in [0.2, 0.25) is 0 Å². The Morgan fingerprint density at radius 2 is 2.29 bits per heavy atom. The number of hydrogen-bond donors (Lipinski definition) is 2. The molecule has 0 saturated carbocycles. The highest BCUT2D eigenvalue weighted by atomic mass is 32.1. The minimum absolute atomic E-state index is 0.0347. The van der Waals surface area contributed by atoms with Crippen molar-refractivity contribution in [2.45, 2.75) is 45.8 Å². The second kappa shape index (κ2) is 6.25. The van der Waals surface area contributed by atoms with Crippen LogP contribution in [0.5, 0.6) is 0 Å². The predicted octanol–water partition coefficient (Wildman–Crippen LogP) is 2.26. The van der Waals surface area contributed by atoms with Crippen molar-refractivity contribution in [3.05, 3.63) is 26.6 Å². The second-order valence-corrected chi connectivity index (χ2v) is 6.80. The van der Waals surface area contributed by atoms with Gasteiger partial charge in [0.2, 0.25) is 0 Å². The molecule has 0 aliphatic carbocycles. The quantitative estimate of drug-likeness (QED) is 0.909. The average molecular weight is 307 g/mol. The fourth-order valence-electron chi connectivity index (χ4n) is 2.70. The van der Waals surface area contributed by atoms with Crippen molar-refractivity contribution < 1.29 is 4.74 Å². The summed E-state index contributed by atoms with van der Waals surface area (Å²) in [6.07, 6.45) is 3.81. The minimum atomic E-state index is -0.0347. The Hall–Kier alpha value is -1.24. The van der Waals surface area contributed by atoms with E-state index in [-0.39, 0.29) is 5.56 Å². The highest BCUT2D eigenvalue weighted by Crippen LogP contribution is 2.25. The molecule has 114 valence electrons. The molecule has 6 heteroatoms. The number of hydrogen-bond acceptors (Lipinski definition) is 5. The van der Waals surface area contributed by atoms with Gasteiger partial charge < -0.3 is 15.0 Å². The molecule has 1 fully saturated rings. The molecule has 3 heterocycles. The zero-order valence-corrected chi connectivity index (χ0v) is 13.3. The van der Waals surface area contributed by atoms with Crippen LogP contribution in [0.25, 0.3) is 10.2 Å². The van der Waals surface area contributed by atoms with Crippen LogP contribution in [-0.4, -0.2) is 29.2 Å². The van der Waals surface area contributed by atoms with Crippen molar-refractivity contribution in [1.29, 1.82) is 0 Å². The van der Waals surface area contributed by atoms with Crippen LogP contribution in [0.1, 0.15) is 35.5 Å². The first-order valence-corrected chi connectivity index (χ1v) is 8.28.